The Bertz CT molecular complexity index is 626. The molecule has 0 bridgehead atoms. The number of carbonyl (C=O) groups is 1. The zero-order chi connectivity index (χ0) is 16.4. The SMILES string of the molecule is CCN(C)C(=O)C(C)NS(=O)(=O)c1c(Br)cc(N)cc1Br. The van der Waals surface area contributed by atoms with Crippen LogP contribution < -0.4 is 10.5 Å². The quantitative estimate of drug-likeness (QED) is 0.681. The van der Waals surface area contributed by atoms with Crippen LogP contribution >= 0.6 is 31.9 Å². The summed E-state index contributed by atoms with van der Waals surface area (Å²) in [6, 6.07) is 2.12. The van der Waals surface area contributed by atoms with E-state index in [1.165, 1.54) is 24.0 Å². The van der Waals surface area contributed by atoms with Gasteiger partial charge in [0.2, 0.25) is 15.9 Å². The number of hydrogen-bond donors (Lipinski definition) is 2. The normalized spacial score (nSPS) is 13.0. The summed E-state index contributed by atoms with van der Waals surface area (Å²) in [6.45, 7) is 3.82. The van der Waals surface area contributed by atoms with Crippen molar-refractivity contribution in [3.05, 3.63) is 21.1 Å². The van der Waals surface area contributed by atoms with Crippen molar-refractivity contribution in [1.29, 1.82) is 0 Å². The van der Waals surface area contributed by atoms with Gasteiger partial charge in [-0.2, -0.15) is 4.72 Å². The molecule has 0 aromatic heterocycles. The number of benzene rings is 1. The lowest BCUT2D eigenvalue weighted by molar-refractivity contribution is -0.131. The van der Waals surface area contributed by atoms with E-state index in [2.05, 4.69) is 36.6 Å². The average molecular weight is 443 g/mol. The standard InChI is InChI=1S/C12H17Br2N3O3S/c1-4-17(3)12(18)7(2)16-21(19,20)11-9(13)5-8(15)6-10(11)14/h5-7,16H,4,15H2,1-3H3. The van der Waals surface area contributed by atoms with E-state index < -0.39 is 16.1 Å². The predicted octanol–water partition coefficient (Wildman–Crippen LogP) is 1.94. The Morgan fingerprint density at radius 1 is 1.38 bits per heavy atom. The number of nitrogens with two attached hydrogens (primary N) is 1. The molecular formula is C12H17Br2N3O3S. The lowest BCUT2D eigenvalue weighted by atomic mass is 10.3. The molecule has 1 aromatic rings. The Hall–Kier alpha value is -0.640. The lowest BCUT2D eigenvalue weighted by Gasteiger charge is -2.21. The Morgan fingerprint density at radius 3 is 2.29 bits per heavy atom. The van der Waals surface area contributed by atoms with E-state index in [9.17, 15) is 13.2 Å². The molecule has 0 radical (unpaired) electrons. The van der Waals surface area contributed by atoms with Crippen LogP contribution in [0.3, 0.4) is 0 Å². The van der Waals surface area contributed by atoms with Gasteiger partial charge in [0.05, 0.1) is 6.04 Å². The summed E-state index contributed by atoms with van der Waals surface area (Å²) in [5, 5.41) is 0. The van der Waals surface area contributed by atoms with Crippen LogP contribution in [0.15, 0.2) is 26.0 Å². The van der Waals surface area contributed by atoms with Gasteiger partial charge < -0.3 is 10.6 Å². The zero-order valence-electron chi connectivity index (χ0n) is 11.9. The number of nitrogen functional groups attached to an aromatic ring is 1. The van der Waals surface area contributed by atoms with Crippen LogP contribution in [0.2, 0.25) is 0 Å². The smallest absolute Gasteiger partial charge is 0.243 e. The molecule has 21 heavy (non-hydrogen) atoms. The molecule has 1 atom stereocenters. The van der Waals surface area contributed by atoms with Crippen molar-refractivity contribution in [2.45, 2.75) is 24.8 Å². The summed E-state index contributed by atoms with van der Waals surface area (Å²) in [7, 11) is -2.26. The first kappa shape index (κ1) is 18.4. The fourth-order valence-electron chi connectivity index (χ4n) is 1.66. The van der Waals surface area contributed by atoms with Crippen LogP contribution in [-0.2, 0) is 14.8 Å². The summed E-state index contributed by atoms with van der Waals surface area (Å²) in [5.74, 6) is -0.302. The highest BCUT2D eigenvalue weighted by Crippen LogP contribution is 2.32. The van der Waals surface area contributed by atoms with Gasteiger partial charge in [0.1, 0.15) is 4.90 Å². The van der Waals surface area contributed by atoms with E-state index in [-0.39, 0.29) is 10.8 Å². The number of carbonyl (C=O) groups excluding carboxylic acids is 1. The van der Waals surface area contributed by atoms with E-state index in [1.54, 1.807) is 7.05 Å². The van der Waals surface area contributed by atoms with E-state index >= 15 is 0 Å². The second-order valence-corrected chi connectivity index (χ2v) is 7.87. The van der Waals surface area contributed by atoms with Gasteiger partial charge in [-0.1, -0.05) is 0 Å². The van der Waals surface area contributed by atoms with E-state index in [0.29, 0.717) is 21.2 Å². The largest absolute Gasteiger partial charge is 0.399 e. The van der Waals surface area contributed by atoms with Crippen LogP contribution in [0.25, 0.3) is 0 Å². The van der Waals surface area contributed by atoms with Gasteiger partial charge in [-0.15, -0.1) is 0 Å². The molecule has 9 heteroatoms. The molecule has 0 aliphatic heterocycles. The number of halogens is 2. The molecule has 0 saturated heterocycles. The number of rotatable bonds is 5. The van der Waals surface area contributed by atoms with Crippen LogP contribution in [0.5, 0.6) is 0 Å². The maximum absolute atomic E-state index is 12.4. The van der Waals surface area contributed by atoms with Crippen molar-refractivity contribution < 1.29 is 13.2 Å². The van der Waals surface area contributed by atoms with Crippen molar-refractivity contribution in [2.75, 3.05) is 19.3 Å². The summed E-state index contributed by atoms with van der Waals surface area (Å²) in [4.78, 5) is 13.4. The van der Waals surface area contributed by atoms with Gasteiger partial charge in [-0.3, -0.25) is 4.79 Å². The first-order chi connectivity index (χ1) is 9.60. The third kappa shape index (κ3) is 4.41. The van der Waals surface area contributed by atoms with Crippen LogP contribution in [0, 0.1) is 0 Å². The molecule has 1 amide bonds. The predicted molar refractivity (Wildman–Crippen MR) is 89.3 cm³/mol. The molecule has 3 N–H and O–H groups in total. The number of anilines is 1. The van der Waals surface area contributed by atoms with Crippen LogP contribution in [0.1, 0.15) is 13.8 Å². The number of nitrogens with one attached hydrogen (secondary N) is 1. The molecule has 1 rings (SSSR count). The van der Waals surface area contributed by atoms with Crippen molar-refractivity contribution in [1.82, 2.24) is 9.62 Å². The highest BCUT2D eigenvalue weighted by atomic mass is 79.9. The number of amides is 1. The van der Waals surface area contributed by atoms with Crippen molar-refractivity contribution in [2.24, 2.45) is 0 Å². The topological polar surface area (TPSA) is 92.5 Å². The van der Waals surface area contributed by atoms with E-state index in [1.807, 2.05) is 6.92 Å². The highest BCUT2D eigenvalue weighted by Gasteiger charge is 2.27. The van der Waals surface area contributed by atoms with Crippen molar-refractivity contribution >= 4 is 53.5 Å². The second kappa shape index (κ2) is 7.08. The molecule has 0 spiro atoms. The highest BCUT2D eigenvalue weighted by molar-refractivity contribution is 9.11. The van der Waals surface area contributed by atoms with Crippen molar-refractivity contribution in [3.8, 4) is 0 Å². The molecule has 6 nitrogen and oxygen atoms in total. The molecule has 0 aliphatic carbocycles. The molecule has 0 aliphatic rings. The molecular weight excluding hydrogens is 426 g/mol. The van der Waals surface area contributed by atoms with Gasteiger partial charge in [0.25, 0.3) is 0 Å². The van der Waals surface area contributed by atoms with E-state index in [0.717, 1.165) is 0 Å². The third-order valence-electron chi connectivity index (χ3n) is 2.84. The molecule has 0 fully saturated rings. The summed E-state index contributed by atoms with van der Waals surface area (Å²) in [6.07, 6.45) is 0. The Morgan fingerprint density at radius 2 is 1.86 bits per heavy atom. The lowest BCUT2D eigenvalue weighted by Crippen LogP contribution is -2.45. The van der Waals surface area contributed by atoms with Crippen molar-refractivity contribution in [3.63, 3.8) is 0 Å². The Balaban J connectivity index is 3.11. The maximum atomic E-state index is 12.4. The number of sulfonamides is 1. The Labute approximate surface area is 141 Å². The minimum Gasteiger partial charge on any atom is -0.399 e. The summed E-state index contributed by atoms with van der Waals surface area (Å²) >= 11 is 6.36. The van der Waals surface area contributed by atoms with Gasteiger partial charge in [-0.25, -0.2) is 8.42 Å². The fourth-order valence-corrected chi connectivity index (χ4v) is 5.48. The summed E-state index contributed by atoms with van der Waals surface area (Å²) < 4.78 is 27.9. The van der Waals surface area contributed by atoms with Gasteiger partial charge in [-0.05, 0) is 57.8 Å². The minimum absolute atomic E-state index is 0.00972. The molecule has 0 saturated carbocycles. The first-order valence-corrected chi connectivity index (χ1v) is 9.19. The molecule has 1 aromatic carbocycles. The van der Waals surface area contributed by atoms with Crippen LogP contribution in [0.4, 0.5) is 5.69 Å². The average Bonchev–Trinajstić information content (AvgIpc) is 2.34. The zero-order valence-corrected chi connectivity index (χ0v) is 15.8. The molecule has 1 unspecified atom stereocenters. The number of likely N-dealkylation sites (N-methyl/N-ethyl adjacent to an activating group) is 1. The van der Waals surface area contributed by atoms with Gasteiger partial charge in [0, 0.05) is 28.2 Å². The number of hydrogen-bond acceptors (Lipinski definition) is 4. The molecule has 0 heterocycles. The minimum atomic E-state index is -3.87. The third-order valence-corrected chi connectivity index (χ3v) is 6.26. The maximum Gasteiger partial charge on any atom is 0.243 e. The van der Waals surface area contributed by atoms with Gasteiger partial charge in [0.15, 0.2) is 0 Å². The van der Waals surface area contributed by atoms with Crippen LogP contribution in [-0.4, -0.2) is 38.9 Å². The Kier molecular flexibility index (Phi) is 6.21. The van der Waals surface area contributed by atoms with Gasteiger partial charge >= 0.3 is 0 Å². The monoisotopic (exact) mass is 441 g/mol. The summed E-state index contributed by atoms with van der Waals surface area (Å²) in [5.41, 5.74) is 6.06. The molecule has 118 valence electrons. The number of nitrogens with zero attached hydrogens (tertiary/aromatic N) is 1. The second-order valence-electron chi connectivity index (χ2n) is 4.51. The first-order valence-electron chi connectivity index (χ1n) is 6.12. The van der Waals surface area contributed by atoms with E-state index in [4.69, 9.17) is 5.73 Å². The fraction of sp³-hybridized carbons (Fsp3) is 0.417.